The molecule has 2 heterocycles. The Morgan fingerprint density at radius 2 is 1.56 bits per heavy atom. The van der Waals surface area contributed by atoms with E-state index in [0.717, 1.165) is 10.9 Å². The Balaban J connectivity index is 1.61. The van der Waals surface area contributed by atoms with E-state index < -0.39 is 9.84 Å². The van der Waals surface area contributed by atoms with Crippen molar-refractivity contribution in [1.82, 2.24) is 19.8 Å². The smallest absolute Gasteiger partial charge is 0.229 e. The Labute approximate surface area is 185 Å². The summed E-state index contributed by atoms with van der Waals surface area (Å²) in [4.78, 5) is 4.83. The molecule has 160 valence electrons. The fraction of sp³-hybridized carbons (Fsp3) is 0.125. The Hall–Kier alpha value is -3.78. The van der Waals surface area contributed by atoms with E-state index in [1.165, 1.54) is 10.1 Å². The van der Waals surface area contributed by atoms with Crippen LogP contribution in [0.25, 0.3) is 16.6 Å². The third-order valence-corrected chi connectivity index (χ3v) is 7.14. The maximum atomic E-state index is 13.2. The second-order valence-electron chi connectivity index (χ2n) is 7.62. The fourth-order valence-electron chi connectivity index (χ4n) is 3.71. The normalized spacial score (nSPS) is 12.8. The van der Waals surface area contributed by atoms with Crippen LogP contribution in [0.4, 0.5) is 5.82 Å². The molecule has 0 saturated carbocycles. The molecule has 1 atom stereocenters. The van der Waals surface area contributed by atoms with Gasteiger partial charge in [-0.3, -0.25) is 0 Å². The van der Waals surface area contributed by atoms with Crippen molar-refractivity contribution in [3.05, 3.63) is 90.5 Å². The van der Waals surface area contributed by atoms with E-state index in [-0.39, 0.29) is 21.5 Å². The third kappa shape index (κ3) is 3.48. The number of nitrogens with zero attached hydrogens (tertiary/aromatic N) is 4. The summed E-state index contributed by atoms with van der Waals surface area (Å²) in [7, 11) is -3.87. The molecule has 0 aliphatic rings. The number of hydrogen-bond donors (Lipinski definition) is 1. The van der Waals surface area contributed by atoms with E-state index >= 15 is 0 Å². The van der Waals surface area contributed by atoms with E-state index in [9.17, 15) is 8.42 Å². The largest absolute Gasteiger partial charge is 0.369 e. The number of benzene rings is 3. The molecule has 0 aliphatic carbocycles. The Morgan fingerprint density at radius 3 is 2.31 bits per heavy atom. The number of nitrogens with one attached hydrogen (secondary N) is 1. The van der Waals surface area contributed by atoms with Crippen LogP contribution in [0, 0.1) is 0 Å². The van der Waals surface area contributed by atoms with Crippen molar-refractivity contribution in [1.29, 1.82) is 0 Å². The van der Waals surface area contributed by atoms with Crippen molar-refractivity contribution >= 4 is 32.2 Å². The van der Waals surface area contributed by atoms with Gasteiger partial charge in [0, 0.05) is 11.9 Å². The van der Waals surface area contributed by atoms with Crippen molar-refractivity contribution in [2.24, 2.45) is 0 Å². The van der Waals surface area contributed by atoms with Gasteiger partial charge in [-0.05, 0) is 35.7 Å². The lowest BCUT2D eigenvalue weighted by atomic mass is 10.0. The first-order valence-corrected chi connectivity index (χ1v) is 11.8. The van der Waals surface area contributed by atoms with Crippen LogP contribution in [0.2, 0.25) is 0 Å². The lowest BCUT2D eigenvalue weighted by molar-refractivity contribution is 0.592. The van der Waals surface area contributed by atoms with E-state index in [2.05, 4.69) is 39.7 Å². The molecule has 5 rings (SSSR count). The van der Waals surface area contributed by atoms with Gasteiger partial charge in [-0.1, -0.05) is 72.8 Å². The number of rotatable bonds is 6. The van der Waals surface area contributed by atoms with E-state index in [0.29, 0.717) is 12.4 Å². The molecule has 32 heavy (non-hydrogen) atoms. The summed E-state index contributed by atoms with van der Waals surface area (Å²) in [5, 5.41) is 12.2. The monoisotopic (exact) mass is 443 g/mol. The first kappa shape index (κ1) is 20.1. The molecule has 3 aromatic carbocycles. The van der Waals surface area contributed by atoms with Gasteiger partial charge in [-0.15, -0.1) is 5.10 Å². The second-order valence-corrected chi connectivity index (χ2v) is 9.48. The zero-order chi connectivity index (χ0) is 22.1. The lowest BCUT2D eigenvalue weighted by Crippen LogP contribution is -2.12. The van der Waals surface area contributed by atoms with Gasteiger partial charge < -0.3 is 5.32 Å². The number of para-hydroxylation sites is 1. The van der Waals surface area contributed by atoms with Crippen LogP contribution in [-0.2, 0) is 9.84 Å². The van der Waals surface area contributed by atoms with Gasteiger partial charge in [0.2, 0.25) is 14.9 Å². The van der Waals surface area contributed by atoms with Gasteiger partial charge >= 0.3 is 0 Å². The molecule has 0 amide bonds. The highest BCUT2D eigenvalue weighted by atomic mass is 32.2. The van der Waals surface area contributed by atoms with E-state index in [1.807, 2.05) is 42.5 Å². The van der Waals surface area contributed by atoms with Crippen molar-refractivity contribution in [2.45, 2.75) is 22.8 Å². The standard InChI is InChI=1S/C24H21N5O2S/c1-17(18-10-4-2-5-11-18)16-25-22-20-14-8-9-15-21(20)29-23(26-22)24(27-28-29)32(30,31)19-12-6-3-7-13-19/h2-15,17H,16H2,1H3,(H,25,26)/t17-/m0/s1. The number of anilines is 1. The molecule has 0 aliphatic heterocycles. The zero-order valence-electron chi connectivity index (χ0n) is 17.4. The molecule has 7 nitrogen and oxygen atoms in total. The van der Waals surface area contributed by atoms with Gasteiger partial charge in [0.25, 0.3) is 0 Å². The molecule has 0 saturated heterocycles. The van der Waals surface area contributed by atoms with Crippen LogP contribution in [0.3, 0.4) is 0 Å². The van der Waals surface area contributed by atoms with Crippen molar-refractivity contribution in [2.75, 3.05) is 11.9 Å². The SMILES string of the molecule is C[C@@H](CNc1nc2c(S(=O)(=O)c3ccccc3)nnn2c2ccccc12)c1ccccc1. The Morgan fingerprint density at radius 1 is 0.906 bits per heavy atom. The average Bonchev–Trinajstić information content (AvgIpc) is 3.28. The topological polar surface area (TPSA) is 89.2 Å². The van der Waals surface area contributed by atoms with E-state index in [1.54, 1.807) is 30.3 Å². The molecule has 0 fully saturated rings. The van der Waals surface area contributed by atoms with Crippen LogP contribution in [0.1, 0.15) is 18.4 Å². The summed E-state index contributed by atoms with van der Waals surface area (Å²) in [6, 6.07) is 26.0. The fourth-order valence-corrected chi connectivity index (χ4v) is 4.97. The van der Waals surface area contributed by atoms with Crippen LogP contribution in [0.5, 0.6) is 0 Å². The molecule has 8 heteroatoms. The predicted octanol–water partition coefficient (Wildman–Crippen LogP) is 4.33. The second kappa shape index (κ2) is 8.05. The molecular formula is C24H21N5O2S. The summed E-state index contributed by atoms with van der Waals surface area (Å²) in [6.45, 7) is 2.77. The number of aromatic nitrogens is 4. The average molecular weight is 444 g/mol. The van der Waals surface area contributed by atoms with Crippen LogP contribution in [0.15, 0.2) is 94.9 Å². The number of fused-ring (bicyclic) bond motifs is 3. The third-order valence-electron chi connectivity index (χ3n) is 5.47. The highest BCUT2D eigenvalue weighted by Crippen LogP contribution is 2.28. The van der Waals surface area contributed by atoms with Gasteiger partial charge in [0.05, 0.1) is 10.4 Å². The summed E-state index contributed by atoms with van der Waals surface area (Å²) >= 11 is 0. The minimum atomic E-state index is -3.87. The highest BCUT2D eigenvalue weighted by Gasteiger charge is 2.27. The molecule has 0 radical (unpaired) electrons. The highest BCUT2D eigenvalue weighted by molar-refractivity contribution is 7.91. The van der Waals surface area contributed by atoms with E-state index in [4.69, 9.17) is 0 Å². The molecule has 2 aromatic heterocycles. The first-order chi connectivity index (χ1) is 15.6. The first-order valence-electron chi connectivity index (χ1n) is 10.3. The molecule has 0 spiro atoms. The van der Waals surface area contributed by atoms with Crippen molar-refractivity contribution in [3.63, 3.8) is 0 Å². The molecule has 0 unspecified atom stereocenters. The van der Waals surface area contributed by atoms with Gasteiger partial charge in [-0.2, -0.15) is 4.52 Å². The molecule has 5 aromatic rings. The Bertz CT molecular complexity index is 1500. The Kier molecular flexibility index (Phi) is 5.07. The molecule has 0 bridgehead atoms. The van der Waals surface area contributed by atoms with Gasteiger partial charge in [0.1, 0.15) is 5.82 Å². The quantitative estimate of drug-likeness (QED) is 0.420. The lowest BCUT2D eigenvalue weighted by Gasteiger charge is -2.15. The molecular weight excluding hydrogens is 422 g/mol. The van der Waals surface area contributed by atoms with Gasteiger partial charge in [-0.25, -0.2) is 13.4 Å². The van der Waals surface area contributed by atoms with Crippen LogP contribution < -0.4 is 5.32 Å². The zero-order valence-corrected chi connectivity index (χ0v) is 18.2. The van der Waals surface area contributed by atoms with Crippen LogP contribution in [-0.4, -0.2) is 34.8 Å². The number of hydrogen-bond acceptors (Lipinski definition) is 6. The maximum Gasteiger partial charge on any atom is 0.229 e. The maximum absolute atomic E-state index is 13.2. The summed E-state index contributed by atoms with van der Waals surface area (Å²) in [5.41, 5.74) is 2.14. The molecule has 1 N–H and O–H groups in total. The summed E-state index contributed by atoms with van der Waals surface area (Å²) in [5.74, 6) is 0.839. The predicted molar refractivity (Wildman–Crippen MR) is 124 cm³/mol. The van der Waals surface area contributed by atoms with Crippen molar-refractivity contribution in [3.8, 4) is 0 Å². The summed E-state index contributed by atoms with van der Waals surface area (Å²) in [6.07, 6.45) is 0. The minimum absolute atomic E-state index is 0.157. The summed E-state index contributed by atoms with van der Waals surface area (Å²) < 4.78 is 27.9. The van der Waals surface area contributed by atoms with Gasteiger partial charge in [0.15, 0.2) is 5.65 Å². The van der Waals surface area contributed by atoms with Crippen LogP contribution >= 0.6 is 0 Å². The van der Waals surface area contributed by atoms with Crippen molar-refractivity contribution < 1.29 is 8.42 Å². The number of sulfone groups is 1. The minimum Gasteiger partial charge on any atom is -0.369 e.